The molecule has 7 nitrogen and oxygen atoms in total. The van der Waals surface area contributed by atoms with Crippen LogP contribution in [0, 0.1) is 10.1 Å². The lowest BCUT2D eigenvalue weighted by Gasteiger charge is -2.06. The number of aromatic nitrogens is 1. The number of hydrogen-bond donors (Lipinski definition) is 1. The zero-order chi connectivity index (χ0) is 15.4. The van der Waals surface area contributed by atoms with Crippen LogP contribution in [0.5, 0.6) is 0 Å². The summed E-state index contributed by atoms with van der Waals surface area (Å²) in [5, 5.41) is 19.7. The maximum atomic E-state index is 11.8. The molecule has 0 aliphatic heterocycles. The van der Waals surface area contributed by atoms with Crippen molar-refractivity contribution in [3.8, 4) is 0 Å². The van der Waals surface area contributed by atoms with Gasteiger partial charge in [0.2, 0.25) is 0 Å². The maximum Gasteiger partial charge on any atom is 0.335 e. The molecule has 1 aromatic heterocycles. The fraction of sp³-hybridized carbons (Fsp3) is 0.143. The molecular weight excluding hydrogens is 276 g/mol. The van der Waals surface area contributed by atoms with Crippen LogP contribution < -0.4 is 5.56 Å². The van der Waals surface area contributed by atoms with Gasteiger partial charge >= 0.3 is 5.97 Å². The molecule has 0 radical (unpaired) electrons. The van der Waals surface area contributed by atoms with Gasteiger partial charge in [-0.1, -0.05) is 18.2 Å². The normalized spacial score (nSPS) is 10.3. The quantitative estimate of drug-likeness (QED) is 0.666. The van der Waals surface area contributed by atoms with Gasteiger partial charge in [0.15, 0.2) is 0 Å². The minimum absolute atomic E-state index is 0.00713. The third kappa shape index (κ3) is 3.33. The molecule has 0 saturated heterocycles. The van der Waals surface area contributed by atoms with Gasteiger partial charge in [-0.3, -0.25) is 14.9 Å². The van der Waals surface area contributed by atoms with Crippen molar-refractivity contribution in [1.29, 1.82) is 0 Å². The first kappa shape index (κ1) is 14.4. The molecule has 2 rings (SSSR count). The lowest BCUT2D eigenvalue weighted by molar-refractivity contribution is -0.385. The molecule has 0 bridgehead atoms. The molecule has 0 aliphatic carbocycles. The van der Waals surface area contributed by atoms with Gasteiger partial charge in [0.05, 0.1) is 10.5 Å². The van der Waals surface area contributed by atoms with Crippen LogP contribution in [0.2, 0.25) is 0 Å². The number of carbonyl (C=O) groups is 1. The van der Waals surface area contributed by atoms with E-state index < -0.39 is 16.5 Å². The summed E-state index contributed by atoms with van der Waals surface area (Å²) < 4.78 is 1.32. The average Bonchev–Trinajstić information content (AvgIpc) is 2.46. The van der Waals surface area contributed by atoms with Gasteiger partial charge < -0.3 is 9.67 Å². The number of para-hydroxylation sites is 1. The van der Waals surface area contributed by atoms with E-state index in [1.807, 2.05) is 0 Å². The summed E-state index contributed by atoms with van der Waals surface area (Å²) in [5.41, 5.74) is -0.000146. The second-order valence-electron chi connectivity index (χ2n) is 4.39. The molecular formula is C14H12N2O5. The van der Waals surface area contributed by atoms with Crippen molar-refractivity contribution in [3.05, 3.63) is 74.2 Å². The number of carboxylic acid groups (broad SMARTS) is 1. The average molecular weight is 288 g/mol. The van der Waals surface area contributed by atoms with E-state index in [1.165, 1.54) is 22.9 Å². The third-order valence-electron chi connectivity index (χ3n) is 3.05. The number of benzene rings is 1. The molecule has 0 unspecified atom stereocenters. The summed E-state index contributed by atoms with van der Waals surface area (Å²) in [6, 6.07) is 8.67. The number of pyridine rings is 1. The molecule has 7 heteroatoms. The van der Waals surface area contributed by atoms with E-state index in [-0.39, 0.29) is 17.8 Å². The Morgan fingerprint density at radius 2 is 2.00 bits per heavy atom. The van der Waals surface area contributed by atoms with Crippen molar-refractivity contribution < 1.29 is 14.8 Å². The number of carboxylic acids is 1. The number of nitro groups is 1. The SMILES string of the molecule is O=C(O)c1ccn(CCc2ccccc2[N+](=O)[O-])c(=O)c1. The Morgan fingerprint density at radius 1 is 1.29 bits per heavy atom. The molecule has 0 aliphatic rings. The highest BCUT2D eigenvalue weighted by Crippen LogP contribution is 2.18. The van der Waals surface area contributed by atoms with E-state index in [1.54, 1.807) is 18.2 Å². The Kier molecular flexibility index (Phi) is 4.13. The van der Waals surface area contributed by atoms with Crippen molar-refractivity contribution in [2.24, 2.45) is 0 Å². The predicted molar refractivity (Wildman–Crippen MR) is 74.5 cm³/mol. The number of rotatable bonds is 5. The van der Waals surface area contributed by atoms with E-state index in [4.69, 9.17) is 5.11 Å². The highest BCUT2D eigenvalue weighted by molar-refractivity contribution is 5.87. The number of hydrogen-bond acceptors (Lipinski definition) is 4. The Hall–Kier alpha value is -2.96. The molecule has 108 valence electrons. The first-order valence-electron chi connectivity index (χ1n) is 6.15. The van der Waals surface area contributed by atoms with E-state index in [2.05, 4.69) is 0 Å². The Labute approximate surface area is 119 Å². The number of aromatic carboxylic acids is 1. The molecule has 21 heavy (non-hydrogen) atoms. The van der Waals surface area contributed by atoms with Gasteiger partial charge in [0.1, 0.15) is 0 Å². The van der Waals surface area contributed by atoms with Gasteiger partial charge in [-0.25, -0.2) is 4.79 Å². The monoisotopic (exact) mass is 288 g/mol. The van der Waals surface area contributed by atoms with Gasteiger partial charge in [-0.15, -0.1) is 0 Å². The highest BCUT2D eigenvalue weighted by Gasteiger charge is 2.12. The Balaban J connectivity index is 2.19. The van der Waals surface area contributed by atoms with Gasteiger partial charge in [-0.2, -0.15) is 0 Å². The number of nitro benzene ring substituents is 1. The van der Waals surface area contributed by atoms with E-state index in [0.29, 0.717) is 12.0 Å². The van der Waals surface area contributed by atoms with Gasteiger partial charge in [-0.05, 0) is 12.5 Å². The third-order valence-corrected chi connectivity index (χ3v) is 3.05. The molecule has 0 atom stereocenters. The fourth-order valence-corrected chi connectivity index (χ4v) is 1.97. The van der Waals surface area contributed by atoms with Crippen LogP contribution in [0.15, 0.2) is 47.4 Å². The van der Waals surface area contributed by atoms with Crippen LogP contribution in [0.3, 0.4) is 0 Å². The van der Waals surface area contributed by atoms with Crippen LogP contribution in [0.4, 0.5) is 5.69 Å². The van der Waals surface area contributed by atoms with Crippen LogP contribution >= 0.6 is 0 Å². The molecule has 1 aromatic carbocycles. The topological polar surface area (TPSA) is 102 Å². The van der Waals surface area contributed by atoms with Crippen molar-refractivity contribution in [2.45, 2.75) is 13.0 Å². The minimum atomic E-state index is -1.17. The molecule has 0 fully saturated rings. The van der Waals surface area contributed by atoms with E-state index in [9.17, 15) is 19.7 Å². The number of nitrogens with zero attached hydrogens (tertiary/aromatic N) is 2. The van der Waals surface area contributed by atoms with Crippen molar-refractivity contribution in [2.75, 3.05) is 0 Å². The summed E-state index contributed by atoms with van der Waals surface area (Å²) in [4.78, 5) is 32.9. The Bertz CT molecular complexity index is 751. The summed E-state index contributed by atoms with van der Waals surface area (Å²) in [5.74, 6) is -1.17. The van der Waals surface area contributed by atoms with E-state index >= 15 is 0 Å². The predicted octanol–water partition coefficient (Wildman–Crippen LogP) is 1.70. The summed E-state index contributed by atoms with van der Waals surface area (Å²) >= 11 is 0. The second-order valence-corrected chi connectivity index (χ2v) is 4.39. The second kappa shape index (κ2) is 6.00. The molecule has 1 N–H and O–H groups in total. The molecule has 0 saturated carbocycles. The zero-order valence-corrected chi connectivity index (χ0v) is 10.9. The van der Waals surface area contributed by atoms with Gasteiger partial charge in [0, 0.05) is 30.4 Å². The summed E-state index contributed by atoms with van der Waals surface area (Å²) in [6.07, 6.45) is 1.68. The maximum absolute atomic E-state index is 11.8. The smallest absolute Gasteiger partial charge is 0.335 e. The highest BCUT2D eigenvalue weighted by atomic mass is 16.6. The molecule has 1 heterocycles. The largest absolute Gasteiger partial charge is 0.478 e. The van der Waals surface area contributed by atoms with E-state index in [0.717, 1.165) is 6.07 Å². The van der Waals surface area contributed by atoms with Crippen LogP contribution in [0.25, 0.3) is 0 Å². The Morgan fingerprint density at radius 3 is 2.62 bits per heavy atom. The fourth-order valence-electron chi connectivity index (χ4n) is 1.97. The number of aryl methyl sites for hydroxylation is 2. The van der Waals surface area contributed by atoms with Crippen molar-refractivity contribution in [3.63, 3.8) is 0 Å². The minimum Gasteiger partial charge on any atom is -0.478 e. The lowest BCUT2D eigenvalue weighted by Crippen LogP contribution is -2.21. The first-order chi connectivity index (χ1) is 9.99. The van der Waals surface area contributed by atoms with Crippen LogP contribution in [-0.4, -0.2) is 20.6 Å². The van der Waals surface area contributed by atoms with Crippen molar-refractivity contribution in [1.82, 2.24) is 4.57 Å². The van der Waals surface area contributed by atoms with Crippen LogP contribution in [-0.2, 0) is 13.0 Å². The summed E-state index contributed by atoms with van der Waals surface area (Å²) in [7, 11) is 0. The molecule has 0 spiro atoms. The van der Waals surface area contributed by atoms with Gasteiger partial charge in [0.25, 0.3) is 11.2 Å². The van der Waals surface area contributed by atoms with Crippen molar-refractivity contribution >= 4 is 11.7 Å². The van der Waals surface area contributed by atoms with Crippen LogP contribution in [0.1, 0.15) is 15.9 Å². The lowest BCUT2D eigenvalue weighted by atomic mass is 10.1. The summed E-state index contributed by atoms with van der Waals surface area (Å²) in [6.45, 7) is 0.240. The molecule has 0 amide bonds. The zero-order valence-electron chi connectivity index (χ0n) is 10.9. The standard InChI is InChI=1S/C14H12N2O5/c17-13-9-11(14(18)19)6-8-15(13)7-5-10-3-1-2-4-12(10)16(20)21/h1-4,6,8-9H,5,7H2,(H,18,19). The first-order valence-corrected chi connectivity index (χ1v) is 6.15. The molecule has 2 aromatic rings.